The predicted molar refractivity (Wildman–Crippen MR) is 255 cm³/mol. The van der Waals surface area contributed by atoms with Crippen LogP contribution in [0.4, 0.5) is 11.4 Å². The van der Waals surface area contributed by atoms with Crippen molar-refractivity contribution in [2.45, 2.75) is 31.8 Å². The molecule has 2 aromatic rings. The van der Waals surface area contributed by atoms with Crippen molar-refractivity contribution < 1.29 is 59.4 Å². The fourth-order valence-electron chi connectivity index (χ4n) is 7.11. The van der Waals surface area contributed by atoms with Crippen LogP contribution in [0.2, 0.25) is 0 Å². The molecule has 0 aliphatic carbocycles. The minimum absolute atomic E-state index is 0.0454. The second-order valence-electron chi connectivity index (χ2n) is 15.5. The van der Waals surface area contributed by atoms with Gasteiger partial charge in [-0.15, -0.1) is 0 Å². The standard InChI is InChI=1S/C21H31N5O6S.C19H29N5O4S.C2H4O2/c1-22-21(33)23-16-4-2-15(3-5-16)10-17-11-25(13-19(29)30)7-6-24(12-18(27)28)8-9-26(17)14-20(31)32;1-20-19(29)22-15-4-2-14(3-5-15)10-16-11-24(13-18(27)28)9-8-23(7-6-21-16)12-17(25)26;1-2(3)4/h2-5,17H,6-14H2,1H3,(H,27,28)(H,29,30)(H,31,32)(H2,22,23,33);2-5,16,21H,6-13H2,1H3,(H,25,26)(H,27,28)(H2,20,22,29);1H3,(H,3,4). The highest BCUT2D eigenvalue weighted by Gasteiger charge is 2.28. The van der Waals surface area contributed by atoms with E-state index in [-0.39, 0.29) is 44.8 Å². The normalized spacial score (nSPS) is 17.9. The van der Waals surface area contributed by atoms with Crippen LogP contribution in [0.15, 0.2) is 48.5 Å². The third-order valence-electron chi connectivity index (χ3n) is 10.1. The summed E-state index contributed by atoms with van der Waals surface area (Å²) in [6, 6.07) is 15.3. The van der Waals surface area contributed by atoms with Gasteiger partial charge in [0.2, 0.25) is 0 Å². The van der Waals surface area contributed by atoms with Crippen LogP contribution in [0.1, 0.15) is 18.1 Å². The second kappa shape index (κ2) is 30.6. The van der Waals surface area contributed by atoms with E-state index in [1.165, 1.54) is 0 Å². The average Bonchev–Trinajstić information content (AvgIpc) is 3.35. The fraction of sp³-hybridized carbons (Fsp3) is 0.524. The van der Waals surface area contributed by atoms with Crippen molar-refractivity contribution in [3.05, 3.63) is 59.7 Å². The van der Waals surface area contributed by atoms with Crippen LogP contribution in [-0.2, 0) is 41.6 Å². The largest absolute Gasteiger partial charge is 0.481 e. The van der Waals surface area contributed by atoms with Gasteiger partial charge >= 0.3 is 29.8 Å². The first-order chi connectivity index (χ1) is 31.2. The lowest BCUT2D eigenvalue weighted by Crippen LogP contribution is -2.49. The van der Waals surface area contributed by atoms with E-state index in [1.807, 2.05) is 58.3 Å². The zero-order valence-corrected chi connectivity index (χ0v) is 39.1. The number of carboxylic acids is 6. The molecule has 4 rings (SSSR count). The first-order valence-electron chi connectivity index (χ1n) is 21.1. The molecule has 24 heteroatoms. The van der Waals surface area contributed by atoms with Gasteiger partial charge in [-0.05, 0) is 72.7 Å². The number of nitrogens with one attached hydrogen (secondary N) is 5. The Morgan fingerprint density at radius 3 is 1.33 bits per heavy atom. The van der Waals surface area contributed by atoms with Crippen molar-refractivity contribution in [1.82, 2.24) is 40.4 Å². The third-order valence-corrected chi connectivity index (χ3v) is 10.7. The van der Waals surface area contributed by atoms with Crippen LogP contribution in [0.25, 0.3) is 0 Å². The summed E-state index contributed by atoms with van der Waals surface area (Å²) in [5.41, 5.74) is 3.80. The maximum absolute atomic E-state index is 11.6. The predicted octanol–water partition coefficient (Wildman–Crippen LogP) is -0.331. The molecular formula is C42H64N10O12S2. The monoisotopic (exact) mass is 964 g/mol. The van der Waals surface area contributed by atoms with E-state index in [2.05, 4.69) is 26.6 Å². The summed E-state index contributed by atoms with van der Waals surface area (Å²) >= 11 is 10.2. The van der Waals surface area contributed by atoms with E-state index < -0.39 is 35.8 Å². The van der Waals surface area contributed by atoms with E-state index in [0.717, 1.165) is 35.8 Å². The van der Waals surface area contributed by atoms with E-state index in [1.54, 1.807) is 28.8 Å². The molecule has 2 aliphatic heterocycles. The Kier molecular flexibility index (Phi) is 26.2. The SMILES string of the molecule is CC(=O)O.CNC(=S)Nc1ccc(CC2CN(CC(=O)O)CCN(CC(=O)O)CCN2)cc1.CNC(=S)Nc1ccc(CC2CN(CC(=O)O)CCN(CC(=O)O)CCN2CC(=O)O)cc1. The number of aliphatic carboxylic acids is 6. The van der Waals surface area contributed by atoms with Gasteiger partial charge in [-0.25, -0.2) is 0 Å². The molecule has 0 bridgehead atoms. The van der Waals surface area contributed by atoms with Crippen molar-refractivity contribution in [2.75, 3.05) is 123 Å². The molecule has 2 atom stereocenters. The van der Waals surface area contributed by atoms with Crippen LogP contribution in [0, 0.1) is 0 Å². The highest BCUT2D eigenvalue weighted by atomic mass is 32.1. The number of thiocarbonyl (C=S) groups is 2. The van der Waals surface area contributed by atoms with Crippen LogP contribution in [-0.4, -0.2) is 226 Å². The van der Waals surface area contributed by atoms with Gasteiger partial charge in [0.1, 0.15) is 0 Å². The highest BCUT2D eigenvalue weighted by Crippen LogP contribution is 2.17. The molecule has 11 N–H and O–H groups in total. The molecular weight excluding hydrogens is 901 g/mol. The summed E-state index contributed by atoms with van der Waals surface area (Å²) in [6.45, 7) is 5.09. The minimum Gasteiger partial charge on any atom is -0.481 e. The third kappa shape index (κ3) is 25.2. The average molecular weight is 965 g/mol. The number of anilines is 2. The van der Waals surface area contributed by atoms with E-state index in [4.69, 9.17) is 39.4 Å². The molecule has 66 heavy (non-hydrogen) atoms. The number of carboxylic acid groups (broad SMARTS) is 6. The Bertz CT molecular complexity index is 1890. The second-order valence-corrected chi connectivity index (χ2v) is 16.3. The van der Waals surface area contributed by atoms with Crippen LogP contribution < -0.4 is 26.6 Å². The fourth-order valence-corrected chi connectivity index (χ4v) is 7.35. The molecule has 0 amide bonds. The summed E-state index contributed by atoms with van der Waals surface area (Å²) in [4.78, 5) is 74.4. The maximum Gasteiger partial charge on any atom is 0.317 e. The molecule has 0 spiro atoms. The summed E-state index contributed by atoms with van der Waals surface area (Å²) < 4.78 is 0. The van der Waals surface area contributed by atoms with Gasteiger partial charge in [-0.1, -0.05) is 24.3 Å². The molecule has 2 unspecified atom stereocenters. The van der Waals surface area contributed by atoms with Crippen molar-refractivity contribution in [1.29, 1.82) is 0 Å². The highest BCUT2D eigenvalue weighted by molar-refractivity contribution is 7.80. The van der Waals surface area contributed by atoms with Crippen LogP contribution in [0.3, 0.4) is 0 Å². The zero-order valence-electron chi connectivity index (χ0n) is 37.5. The first-order valence-corrected chi connectivity index (χ1v) is 21.9. The molecule has 0 aromatic heterocycles. The number of carbonyl (C=O) groups is 6. The summed E-state index contributed by atoms with van der Waals surface area (Å²) in [5.74, 6) is -5.56. The van der Waals surface area contributed by atoms with E-state index in [9.17, 15) is 44.4 Å². The Balaban J connectivity index is 0.000000422. The number of hydrogen-bond donors (Lipinski definition) is 11. The van der Waals surface area contributed by atoms with Crippen molar-refractivity contribution in [3.63, 3.8) is 0 Å². The zero-order chi connectivity index (χ0) is 49.2. The number of hydrogen-bond acceptors (Lipinski definition) is 14. The minimum atomic E-state index is -0.992. The molecule has 2 aromatic carbocycles. The number of rotatable bonds is 16. The molecule has 2 fully saturated rings. The van der Waals surface area contributed by atoms with Crippen molar-refractivity contribution in [2.24, 2.45) is 0 Å². The van der Waals surface area contributed by atoms with Gasteiger partial charge in [-0.2, -0.15) is 0 Å². The Morgan fingerprint density at radius 1 is 0.545 bits per heavy atom. The summed E-state index contributed by atoms with van der Waals surface area (Å²) in [7, 11) is 3.48. The topological polar surface area (TPSA) is 300 Å². The van der Waals surface area contributed by atoms with Gasteiger partial charge < -0.3 is 57.2 Å². The number of benzene rings is 2. The first kappa shape index (κ1) is 56.5. The number of nitrogens with zero attached hydrogens (tertiary/aromatic N) is 5. The Morgan fingerprint density at radius 2 is 0.909 bits per heavy atom. The quantitative estimate of drug-likeness (QED) is 0.0960. The Labute approximate surface area is 394 Å². The van der Waals surface area contributed by atoms with Gasteiger partial charge in [0, 0.05) is 110 Å². The van der Waals surface area contributed by atoms with Gasteiger partial charge in [-0.3, -0.25) is 53.3 Å². The lowest BCUT2D eigenvalue weighted by Gasteiger charge is -2.33. The van der Waals surface area contributed by atoms with E-state index in [0.29, 0.717) is 82.1 Å². The maximum atomic E-state index is 11.6. The van der Waals surface area contributed by atoms with Gasteiger partial charge in [0.05, 0.1) is 32.7 Å². The lowest BCUT2D eigenvalue weighted by atomic mass is 10.0. The van der Waals surface area contributed by atoms with Gasteiger partial charge in [0.15, 0.2) is 10.2 Å². The van der Waals surface area contributed by atoms with Crippen molar-refractivity contribution in [3.8, 4) is 0 Å². The molecule has 2 heterocycles. The molecule has 2 aliphatic rings. The molecule has 0 radical (unpaired) electrons. The van der Waals surface area contributed by atoms with Crippen LogP contribution >= 0.6 is 24.4 Å². The molecule has 2 saturated heterocycles. The Hall–Kier alpha value is -5.60. The summed E-state index contributed by atoms with van der Waals surface area (Å²) in [6.07, 6.45) is 1.25. The van der Waals surface area contributed by atoms with Gasteiger partial charge in [0.25, 0.3) is 5.97 Å². The van der Waals surface area contributed by atoms with Crippen molar-refractivity contribution >= 4 is 81.9 Å². The van der Waals surface area contributed by atoms with Crippen LogP contribution in [0.5, 0.6) is 0 Å². The molecule has 22 nitrogen and oxygen atoms in total. The smallest absolute Gasteiger partial charge is 0.317 e. The lowest BCUT2D eigenvalue weighted by molar-refractivity contribution is -0.140. The molecule has 366 valence electrons. The summed E-state index contributed by atoms with van der Waals surface area (Å²) in [5, 5.41) is 70.0. The molecule has 0 saturated carbocycles. The van der Waals surface area contributed by atoms with E-state index >= 15 is 0 Å².